The molecule has 3 atom stereocenters. The molecule has 1 unspecified atom stereocenters. The minimum Gasteiger partial charge on any atom is -0.465 e. The second-order valence-corrected chi connectivity index (χ2v) is 11.5. The third-order valence-electron chi connectivity index (χ3n) is 8.26. The molecule has 1 aromatic heterocycles. The Morgan fingerprint density at radius 3 is 2.24 bits per heavy atom. The highest BCUT2D eigenvalue weighted by Gasteiger charge is 2.28. The van der Waals surface area contributed by atoms with Crippen LogP contribution < -0.4 is 10.6 Å². The number of hydrogen-bond acceptors (Lipinski definition) is 6. The van der Waals surface area contributed by atoms with E-state index in [2.05, 4.69) is 15.6 Å². The maximum atomic E-state index is 15.0. The lowest BCUT2D eigenvalue weighted by molar-refractivity contribution is -0.116. The molecule has 0 radical (unpaired) electrons. The summed E-state index contributed by atoms with van der Waals surface area (Å²) < 4.78 is 53.7. The Morgan fingerprint density at radius 2 is 1.67 bits per heavy atom. The van der Waals surface area contributed by atoms with Crippen molar-refractivity contribution in [3.8, 4) is 0 Å². The number of carbonyl (C=O) groups is 2. The number of rotatable bonds is 12. The van der Waals surface area contributed by atoms with Gasteiger partial charge in [0.1, 0.15) is 17.5 Å². The van der Waals surface area contributed by atoms with Crippen LogP contribution in [0.5, 0.6) is 0 Å². The summed E-state index contributed by atoms with van der Waals surface area (Å²) in [6.07, 6.45) is 3.61. The maximum absolute atomic E-state index is 15.0. The number of amides is 2. The molecule has 240 valence electrons. The van der Waals surface area contributed by atoms with E-state index in [0.717, 1.165) is 19.0 Å². The number of hydrogen-bond donors (Lipinski definition) is 3. The summed E-state index contributed by atoms with van der Waals surface area (Å²) in [7, 11) is 0. The zero-order valence-corrected chi connectivity index (χ0v) is 24.8. The molecule has 45 heavy (non-hydrogen) atoms. The predicted octanol–water partition coefficient (Wildman–Crippen LogP) is 5.11. The molecule has 12 heteroatoms. The minimum atomic E-state index is -1.00. The normalized spacial score (nSPS) is 19.9. The van der Waals surface area contributed by atoms with Gasteiger partial charge in [-0.05, 0) is 61.1 Å². The van der Waals surface area contributed by atoms with Gasteiger partial charge in [0.05, 0.1) is 43.4 Å². The molecule has 5 rings (SSSR count). The number of morpholine rings is 1. The molecule has 2 fully saturated rings. The molecular formula is C33H37F3N4O5. The van der Waals surface area contributed by atoms with E-state index in [4.69, 9.17) is 9.47 Å². The van der Waals surface area contributed by atoms with Crippen molar-refractivity contribution in [1.82, 2.24) is 15.2 Å². The summed E-state index contributed by atoms with van der Waals surface area (Å²) in [6.45, 7) is 2.01. The molecule has 3 heterocycles. The quantitative estimate of drug-likeness (QED) is 0.256. The number of nitrogens with zero attached hydrogens (tertiary/aromatic N) is 2. The van der Waals surface area contributed by atoms with Gasteiger partial charge in [0.2, 0.25) is 5.91 Å². The summed E-state index contributed by atoms with van der Waals surface area (Å²) in [6, 6.07) is 11.4. The van der Waals surface area contributed by atoms with Crippen LogP contribution in [0.2, 0.25) is 0 Å². The molecule has 3 N–H and O–H groups in total. The van der Waals surface area contributed by atoms with E-state index in [1.54, 1.807) is 24.3 Å². The number of nitrogens with one attached hydrogen (secondary N) is 2. The first-order valence-corrected chi connectivity index (χ1v) is 15.1. The van der Waals surface area contributed by atoms with Crippen molar-refractivity contribution in [1.29, 1.82) is 0 Å². The highest BCUT2D eigenvalue weighted by Crippen LogP contribution is 2.30. The summed E-state index contributed by atoms with van der Waals surface area (Å²) in [5, 5.41) is 15.8. The van der Waals surface area contributed by atoms with Crippen LogP contribution >= 0.6 is 0 Å². The second kappa shape index (κ2) is 15.3. The Labute approximate surface area is 259 Å². The fraction of sp³-hybridized carbons (Fsp3) is 0.424. The average Bonchev–Trinajstić information content (AvgIpc) is 3.54. The van der Waals surface area contributed by atoms with Gasteiger partial charge in [0, 0.05) is 43.6 Å². The molecule has 3 aromatic rings. The number of halogens is 3. The first kappa shape index (κ1) is 32.4. The van der Waals surface area contributed by atoms with Crippen LogP contribution in [0.15, 0.2) is 60.9 Å². The lowest BCUT2D eigenvalue weighted by Crippen LogP contribution is -2.53. The molecule has 0 spiro atoms. The number of benzene rings is 2. The molecule has 0 aliphatic carbocycles. The first-order valence-electron chi connectivity index (χ1n) is 15.1. The van der Waals surface area contributed by atoms with E-state index in [1.165, 1.54) is 35.4 Å². The van der Waals surface area contributed by atoms with Crippen LogP contribution in [0.25, 0.3) is 0 Å². The fourth-order valence-electron chi connectivity index (χ4n) is 5.84. The van der Waals surface area contributed by atoms with E-state index in [1.807, 2.05) is 0 Å². The van der Waals surface area contributed by atoms with Crippen molar-refractivity contribution in [2.45, 2.75) is 56.3 Å². The van der Waals surface area contributed by atoms with Crippen LogP contribution in [0, 0.1) is 17.5 Å². The lowest BCUT2D eigenvalue weighted by Gasteiger charge is -2.33. The van der Waals surface area contributed by atoms with E-state index in [9.17, 15) is 27.9 Å². The zero-order chi connectivity index (χ0) is 31.8. The number of carbonyl (C=O) groups excluding carboxylic acids is 1. The number of pyridine rings is 1. The molecule has 2 aliphatic rings. The van der Waals surface area contributed by atoms with Crippen molar-refractivity contribution >= 4 is 17.7 Å². The van der Waals surface area contributed by atoms with Gasteiger partial charge in [-0.15, -0.1) is 0 Å². The molecule has 2 aromatic carbocycles. The molecule has 2 amide bonds. The molecule has 2 saturated heterocycles. The number of carboxylic acid groups (broad SMARTS) is 1. The summed E-state index contributed by atoms with van der Waals surface area (Å²) in [5.41, 5.74) is 1.88. The Kier molecular flexibility index (Phi) is 11.0. The third kappa shape index (κ3) is 9.03. The van der Waals surface area contributed by atoms with Gasteiger partial charge in [0.25, 0.3) is 0 Å². The standard InChI is InChI=1S/C33H37F3N4O5/c34-23-7-3-21(4-8-23)29(22-5-9-24(35)10-6-22)14-32(41)39-31-17-37-16-30(36)28(31)12-11-26-15-38-25(20-45-26)18-40(33(42)43)19-27-2-1-13-44-27/h3-10,16-17,25-27,29,38H,1-2,11-15,18-20H2,(H,39,41)(H,42,43)/t25-,26+,27?/m0/s1. The molecular weight excluding hydrogens is 589 g/mol. The van der Waals surface area contributed by atoms with Gasteiger partial charge in [-0.25, -0.2) is 18.0 Å². The average molecular weight is 627 g/mol. The van der Waals surface area contributed by atoms with Crippen LogP contribution in [0.3, 0.4) is 0 Å². The van der Waals surface area contributed by atoms with Crippen molar-refractivity contribution in [3.63, 3.8) is 0 Å². The topological polar surface area (TPSA) is 113 Å². The van der Waals surface area contributed by atoms with Gasteiger partial charge in [-0.1, -0.05) is 24.3 Å². The molecule has 9 nitrogen and oxygen atoms in total. The minimum absolute atomic E-state index is 0.0511. The van der Waals surface area contributed by atoms with Crippen LogP contribution in [0.1, 0.15) is 48.3 Å². The van der Waals surface area contributed by atoms with Gasteiger partial charge in [-0.3, -0.25) is 9.78 Å². The van der Waals surface area contributed by atoms with Crippen molar-refractivity contribution in [3.05, 3.63) is 95.1 Å². The van der Waals surface area contributed by atoms with Gasteiger partial charge in [0.15, 0.2) is 0 Å². The van der Waals surface area contributed by atoms with Crippen LogP contribution in [-0.4, -0.2) is 78.1 Å². The number of anilines is 1. The number of aromatic nitrogens is 1. The van der Waals surface area contributed by atoms with E-state index in [0.29, 0.717) is 43.9 Å². The van der Waals surface area contributed by atoms with Crippen molar-refractivity contribution in [2.75, 3.05) is 38.2 Å². The molecule has 0 saturated carbocycles. The number of ether oxygens (including phenoxy) is 2. The molecule has 2 aliphatic heterocycles. The Morgan fingerprint density at radius 1 is 0.978 bits per heavy atom. The van der Waals surface area contributed by atoms with E-state index in [-0.39, 0.29) is 48.9 Å². The van der Waals surface area contributed by atoms with Crippen molar-refractivity contribution in [2.24, 2.45) is 0 Å². The van der Waals surface area contributed by atoms with Gasteiger partial charge in [-0.2, -0.15) is 0 Å². The van der Waals surface area contributed by atoms with Crippen LogP contribution in [0.4, 0.5) is 23.7 Å². The lowest BCUT2D eigenvalue weighted by atomic mass is 9.88. The SMILES string of the molecule is O=C(CC(c1ccc(F)cc1)c1ccc(F)cc1)Nc1cncc(F)c1CC[C@@H]1CN[C@@H](CN(CC2CCCO2)C(=O)O)CO1. The third-order valence-corrected chi connectivity index (χ3v) is 8.26. The largest absolute Gasteiger partial charge is 0.465 e. The van der Waals surface area contributed by atoms with E-state index < -0.39 is 35.4 Å². The van der Waals surface area contributed by atoms with Gasteiger partial charge < -0.3 is 30.1 Å². The Hall–Kier alpha value is -4.00. The predicted molar refractivity (Wildman–Crippen MR) is 161 cm³/mol. The van der Waals surface area contributed by atoms with Crippen LogP contribution in [-0.2, 0) is 20.7 Å². The summed E-state index contributed by atoms with van der Waals surface area (Å²) >= 11 is 0. The summed E-state index contributed by atoms with van der Waals surface area (Å²) in [5.74, 6) is -2.30. The maximum Gasteiger partial charge on any atom is 0.407 e. The fourth-order valence-corrected chi connectivity index (χ4v) is 5.84. The monoisotopic (exact) mass is 626 g/mol. The highest BCUT2D eigenvalue weighted by molar-refractivity contribution is 5.92. The van der Waals surface area contributed by atoms with E-state index >= 15 is 0 Å². The Bertz CT molecular complexity index is 1380. The highest BCUT2D eigenvalue weighted by atomic mass is 19.1. The first-order chi connectivity index (χ1) is 21.7. The second-order valence-electron chi connectivity index (χ2n) is 11.5. The van der Waals surface area contributed by atoms with Gasteiger partial charge >= 0.3 is 6.09 Å². The van der Waals surface area contributed by atoms with Crippen molar-refractivity contribution < 1.29 is 37.3 Å². The Balaban J connectivity index is 1.17. The molecule has 0 bridgehead atoms. The summed E-state index contributed by atoms with van der Waals surface area (Å²) in [4.78, 5) is 30.3. The smallest absolute Gasteiger partial charge is 0.407 e. The zero-order valence-electron chi connectivity index (χ0n) is 24.8.